The second-order valence-corrected chi connectivity index (χ2v) is 9.60. The number of methoxy groups -OCH3 is 2. The first-order valence-electron chi connectivity index (χ1n) is 12.9. The number of benzene rings is 2. The third-order valence-electron chi connectivity index (χ3n) is 6.75. The van der Waals surface area contributed by atoms with Crippen LogP contribution in [0.2, 0.25) is 0 Å². The number of hydrogen-bond acceptors (Lipinski definition) is 8. The Hall–Kier alpha value is -3.56. The fraction of sp³-hybridized carbons (Fsp3) is 0.448. The van der Waals surface area contributed by atoms with Crippen LogP contribution in [-0.4, -0.2) is 86.3 Å². The Kier molecular flexibility index (Phi) is 8.91. The van der Waals surface area contributed by atoms with Gasteiger partial charge in [-0.3, -0.25) is 14.5 Å². The first-order chi connectivity index (χ1) is 18.3. The summed E-state index contributed by atoms with van der Waals surface area (Å²) in [6.45, 7) is 8.01. The summed E-state index contributed by atoms with van der Waals surface area (Å²) in [6.07, 6.45) is 0.662. The molecule has 9 nitrogen and oxygen atoms in total. The van der Waals surface area contributed by atoms with E-state index in [0.29, 0.717) is 54.6 Å². The van der Waals surface area contributed by atoms with Gasteiger partial charge in [0.1, 0.15) is 23.0 Å². The minimum atomic E-state index is -0.837. The first kappa shape index (κ1) is 27.5. The van der Waals surface area contributed by atoms with Crippen LogP contribution in [0.1, 0.15) is 37.4 Å². The third-order valence-corrected chi connectivity index (χ3v) is 6.75. The Balaban J connectivity index is 1.73. The van der Waals surface area contributed by atoms with Crippen LogP contribution in [0.15, 0.2) is 48.0 Å². The number of carbonyl (C=O) groups excluding carboxylic acids is 2. The number of hydrogen-bond donors (Lipinski definition) is 1. The molecule has 2 aromatic rings. The van der Waals surface area contributed by atoms with Gasteiger partial charge in [-0.2, -0.15) is 0 Å². The largest absolute Gasteiger partial charge is 0.507 e. The normalized spacial score (nSPS) is 19.7. The fourth-order valence-corrected chi connectivity index (χ4v) is 4.90. The molecule has 2 fully saturated rings. The maximum Gasteiger partial charge on any atom is 0.295 e. The van der Waals surface area contributed by atoms with Crippen LogP contribution < -0.4 is 14.2 Å². The van der Waals surface area contributed by atoms with Crippen LogP contribution >= 0.6 is 0 Å². The summed E-state index contributed by atoms with van der Waals surface area (Å²) < 4.78 is 22.2. The highest BCUT2D eigenvalue weighted by molar-refractivity contribution is 6.46. The van der Waals surface area contributed by atoms with Crippen molar-refractivity contribution in [3.05, 3.63) is 59.2 Å². The van der Waals surface area contributed by atoms with Crippen molar-refractivity contribution in [1.82, 2.24) is 9.80 Å². The van der Waals surface area contributed by atoms with Gasteiger partial charge in [-0.1, -0.05) is 0 Å². The fourth-order valence-electron chi connectivity index (χ4n) is 4.90. The molecule has 2 saturated heterocycles. The molecular weight excluding hydrogens is 488 g/mol. The number of likely N-dealkylation sites (tertiary alicyclic amines) is 1. The molecule has 0 radical (unpaired) electrons. The Morgan fingerprint density at radius 3 is 2.32 bits per heavy atom. The average molecular weight is 525 g/mol. The molecule has 4 rings (SSSR count). The maximum absolute atomic E-state index is 13.4. The van der Waals surface area contributed by atoms with Crippen LogP contribution in [0.5, 0.6) is 17.2 Å². The van der Waals surface area contributed by atoms with Gasteiger partial charge in [-0.25, -0.2) is 0 Å². The number of aliphatic hydroxyl groups is 1. The van der Waals surface area contributed by atoms with Gasteiger partial charge >= 0.3 is 0 Å². The van der Waals surface area contributed by atoms with Crippen molar-refractivity contribution in [1.29, 1.82) is 0 Å². The number of ether oxygens (including phenoxy) is 4. The lowest BCUT2D eigenvalue weighted by Gasteiger charge is -2.29. The van der Waals surface area contributed by atoms with Crippen molar-refractivity contribution in [3.63, 3.8) is 0 Å². The zero-order valence-corrected chi connectivity index (χ0v) is 22.4. The lowest BCUT2D eigenvalue weighted by atomic mass is 9.94. The van der Waals surface area contributed by atoms with Gasteiger partial charge in [0.2, 0.25) is 0 Å². The van der Waals surface area contributed by atoms with Gasteiger partial charge in [0.05, 0.1) is 45.2 Å². The SMILES string of the molecule is COc1ccc(OC)c(C2/C(=C(\O)c3ccc(OC(C)C)cc3)C(=O)C(=O)N2CCCN2CCOCC2)c1. The van der Waals surface area contributed by atoms with Gasteiger partial charge in [-0.15, -0.1) is 0 Å². The molecule has 2 aliphatic rings. The van der Waals surface area contributed by atoms with Gasteiger partial charge in [0, 0.05) is 37.3 Å². The molecule has 2 aromatic carbocycles. The minimum Gasteiger partial charge on any atom is -0.507 e. The summed E-state index contributed by atoms with van der Waals surface area (Å²) in [7, 11) is 3.08. The van der Waals surface area contributed by atoms with Crippen molar-refractivity contribution in [2.45, 2.75) is 32.4 Å². The van der Waals surface area contributed by atoms with Crippen LogP contribution in [-0.2, 0) is 14.3 Å². The van der Waals surface area contributed by atoms with Gasteiger partial charge < -0.3 is 29.0 Å². The molecule has 1 atom stereocenters. The van der Waals surface area contributed by atoms with E-state index in [-0.39, 0.29) is 17.4 Å². The lowest BCUT2D eigenvalue weighted by molar-refractivity contribution is -0.140. The summed E-state index contributed by atoms with van der Waals surface area (Å²) in [5, 5.41) is 11.4. The summed E-state index contributed by atoms with van der Waals surface area (Å²) in [5.74, 6) is 0.0582. The Labute approximate surface area is 223 Å². The monoisotopic (exact) mass is 524 g/mol. The van der Waals surface area contributed by atoms with E-state index < -0.39 is 17.7 Å². The molecule has 2 aliphatic heterocycles. The highest BCUT2D eigenvalue weighted by Crippen LogP contribution is 2.44. The molecule has 9 heteroatoms. The quantitative estimate of drug-likeness (QED) is 0.286. The average Bonchev–Trinajstić information content (AvgIpc) is 3.18. The maximum atomic E-state index is 13.4. The van der Waals surface area contributed by atoms with Crippen molar-refractivity contribution in [3.8, 4) is 17.2 Å². The minimum absolute atomic E-state index is 0.00207. The molecule has 0 aliphatic carbocycles. The van der Waals surface area contributed by atoms with E-state index in [1.807, 2.05) is 13.8 Å². The molecule has 38 heavy (non-hydrogen) atoms. The Morgan fingerprint density at radius 1 is 1.00 bits per heavy atom. The van der Waals surface area contributed by atoms with E-state index in [1.54, 1.807) is 49.6 Å². The zero-order chi connectivity index (χ0) is 27.2. The number of ketones is 1. The summed E-state index contributed by atoms with van der Waals surface area (Å²) in [6, 6.07) is 11.2. The van der Waals surface area contributed by atoms with Crippen LogP contribution in [0.25, 0.3) is 5.76 Å². The summed E-state index contributed by atoms with van der Waals surface area (Å²) >= 11 is 0. The number of rotatable bonds is 10. The molecule has 204 valence electrons. The molecule has 1 amide bonds. The number of morpholine rings is 1. The highest BCUT2D eigenvalue weighted by Gasteiger charge is 2.47. The van der Waals surface area contributed by atoms with Crippen LogP contribution in [0.4, 0.5) is 0 Å². The third kappa shape index (κ3) is 5.95. The van der Waals surface area contributed by atoms with Crippen molar-refractivity contribution >= 4 is 17.4 Å². The summed E-state index contributed by atoms with van der Waals surface area (Å²) in [4.78, 5) is 30.6. The zero-order valence-electron chi connectivity index (χ0n) is 22.4. The number of Topliss-reactive ketones (excluding diaryl/α,β-unsaturated/α-hetero) is 1. The number of amides is 1. The Bertz CT molecular complexity index is 1170. The first-order valence-corrected chi connectivity index (χ1v) is 12.9. The van der Waals surface area contributed by atoms with E-state index in [2.05, 4.69) is 4.90 Å². The van der Waals surface area contributed by atoms with Crippen molar-refractivity contribution < 1.29 is 33.6 Å². The van der Waals surface area contributed by atoms with Gasteiger partial charge in [0.25, 0.3) is 11.7 Å². The summed E-state index contributed by atoms with van der Waals surface area (Å²) in [5.41, 5.74) is 1.00. The lowest BCUT2D eigenvalue weighted by Crippen LogP contribution is -2.39. The molecular formula is C29H36N2O7. The van der Waals surface area contributed by atoms with E-state index >= 15 is 0 Å². The van der Waals surface area contributed by atoms with Crippen molar-refractivity contribution in [2.24, 2.45) is 0 Å². The molecule has 1 N–H and O–H groups in total. The number of nitrogens with zero attached hydrogens (tertiary/aromatic N) is 2. The molecule has 0 aromatic heterocycles. The van der Waals surface area contributed by atoms with E-state index in [4.69, 9.17) is 18.9 Å². The topological polar surface area (TPSA) is 97.8 Å². The van der Waals surface area contributed by atoms with Crippen molar-refractivity contribution in [2.75, 3.05) is 53.6 Å². The van der Waals surface area contributed by atoms with Gasteiger partial charge in [-0.05, 0) is 62.7 Å². The second kappa shape index (κ2) is 12.3. The predicted octanol–water partition coefficient (Wildman–Crippen LogP) is 3.64. The highest BCUT2D eigenvalue weighted by atomic mass is 16.5. The molecule has 1 unspecified atom stereocenters. The van der Waals surface area contributed by atoms with Crippen LogP contribution in [0, 0.1) is 0 Å². The smallest absolute Gasteiger partial charge is 0.295 e. The van der Waals surface area contributed by atoms with E-state index in [1.165, 1.54) is 12.0 Å². The molecule has 0 saturated carbocycles. The number of aliphatic hydroxyl groups excluding tert-OH is 1. The van der Waals surface area contributed by atoms with Crippen LogP contribution in [0.3, 0.4) is 0 Å². The standard InChI is InChI=1S/C29H36N2O7/c1-19(2)38-21-8-6-20(7-9-21)27(32)25-26(23-18-22(35-3)10-11-24(23)36-4)31(29(34)28(25)33)13-5-12-30-14-16-37-17-15-30/h6-11,18-19,26,32H,5,12-17H2,1-4H3/b27-25+. The molecule has 0 spiro atoms. The van der Waals surface area contributed by atoms with E-state index in [9.17, 15) is 14.7 Å². The molecule has 0 bridgehead atoms. The Morgan fingerprint density at radius 2 is 1.68 bits per heavy atom. The van der Waals surface area contributed by atoms with Gasteiger partial charge in [0.15, 0.2) is 0 Å². The van der Waals surface area contributed by atoms with E-state index in [0.717, 1.165) is 19.6 Å². The second-order valence-electron chi connectivity index (χ2n) is 9.60. The predicted molar refractivity (Wildman–Crippen MR) is 143 cm³/mol. The number of carbonyl (C=O) groups is 2. The molecule has 2 heterocycles.